The van der Waals surface area contributed by atoms with Crippen LogP contribution in [0.2, 0.25) is 0 Å². The Labute approximate surface area is 134 Å². The highest BCUT2D eigenvalue weighted by Gasteiger charge is 2.49. The van der Waals surface area contributed by atoms with Crippen LogP contribution in [0.3, 0.4) is 0 Å². The van der Waals surface area contributed by atoms with Gasteiger partial charge >= 0.3 is 6.18 Å². The van der Waals surface area contributed by atoms with Gasteiger partial charge < -0.3 is 0 Å². The van der Waals surface area contributed by atoms with Crippen molar-refractivity contribution >= 4 is 22.4 Å². The Morgan fingerprint density at radius 3 is 2.50 bits per heavy atom. The van der Waals surface area contributed by atoms with Crippen LogP contribution >= 0.6 is 0 Å². The van der Waals surface area contributed by atoms with Crippen molar-refractivity contribution in [3.63, 3.8) is 0 Å². The first-order chi connectivity index (χ1) is 11.3. The van der Waals surface area contributed by atoms with E-state index in [4.69, 9.17) is 0 Å². The molecule has 0 aromatic heterocycles. The van der Waals surface area contributed by atoms with Gasteiger partial charge in [-0.2, -0.15) is 13.2 Å². The summed E-state index contributed by atoms with van der Waals surface area (Å²) in [5, 5.41) is 12.8. The maximum absolute atomic E-state index is 13.6. The van der Waals surface area contributed by atoms with Crippen LogP contribution in [0.15, 0.2) is 36.4 Å². The van der Waals surface area contributed by atoms with E-state index in [0.717, 1.165) is 6.07 Å². The smallest absolute Gasteiger partial charge is 0.288 e. The molecular formula is C15H12F3N3O3. The van der Waals surface area contributed by atoms with E-state index in [1.807, 2.05) is 0 Å². The second kappa shape index (κ2) is 5.75. The van der Waals surface area contributed by atoms with Crippen molar-refractivity contribution in [1.29, 1.82) is 0 Å². The fourth-order valence-corrected chi connectivity index (χ4v) is 2.90. The predicted octanol–water partition coefficient (Wildman–Crippen LogP) is 3.09. The van der Waals surface area contributed by atoms with E-state index in [0.29, 0.717) is 10.4 Å². The number of benzene rings is 2. The molecule has 0 saturated carbocycles. The lowest BCUT2D eigenvalue weighted by Crippen LogP contribution is -2.43. The van der Waals surface area contributed by atoms with Crippen LogP contribution in [0.5, 0.6) is 0 Å². The topological polar surface area (TPSA) is 75.5 Å². The maximum Gasteiger partial charge on any atom is 0.410 e. The number of rotatable bonds is 3. The van der Waals surface area contributed by atoms with Gasteiger partial charge in [0, 0.05) is 13.0 Å². The number of hydrogen-bond acceptors (Lipinski definition) is 4. The molecule has 6 nitrogen and oxygen atoms in total. The molecule has 3 rings (SSSR count). The van der Waals surface area contributed by atoms with Crippen molar-refractivity contribution in [2.75, 3.05) is 6.54 Å². The summed E-state index contributed by atoms with van der Waals surface area (Å²) in [5.41, 5.74) is 1.03. The molecule has 1 heterocycles. The van der Waals surface area contributed by atoms with Gasteiger partial charge in [0.05, 0.1) is 15.9 Å². The lowest BCUT2D eigenvalue weighted by atomic mass is 9.98. The van der Waals surface area contributed by atoms with Crippen molar-refractivity contribution in [3.8, 4) is 0 Å². The number of nitrogens with one attached hydrogen (secondary N) is 1. The second-order valence-corrected chi connectivity index (χ2v) is 5.40. The van der Waals surface area contributed by atoms with E-state index >= 15 is 0 Å². The summed E-state index contributed by atoms with van der Waals surface area (Å²) in [5.74, 6) is -0.548. The standard InChI is InChI=1S/C15H12F3N3O3/c16-15(17,18)14(20-8-7-12(22)19-20)11-6-5-9-3-1-2-4-10(9)13(11)21(23)24/h1-6,14H,7-8H2,(H,19,22). The number of nitrogens with zero attached hydrogens (tertiary/aromatic N) is 2. The Balaban J connectivity index is 2.22. The molecule has 0 bridgehead atoms. The van der Waals surface area contributed by atoms with E-state index in [1.165, 1.54) is 18.2 Å². The van der Waals surface area contributed by atoms with Gasteiger partial charge in [-0.25, -0.2) is 5.01 Å². The van der Waals surface area contributed by atoms with Gasteiger partial charge in [-0.05, 0) is 17.5 Å². The van der Waals surface area contributed by atoms with Crippen LogP contribution in [-0.4, -0.2) is 28.6 Å². The van der Waals surface area contributed by atoms with E-state index in [1.54, 1.807) is 12.1 Å². The highest BCUT2D eigenvalue weighted by Crippen LogP contribution is 2.43. The lowest BCUT2D eigenvalue weighted by Gasteiger charge is -2.29. The van der Waals surface area contributed by atoms with Crippen LogP contribution < -0.4 is 5.43 Å². The molecule has 2 aromatic carbocycles. The number of nitro benzene ring substituents is 1. The van der Waals surface area contributed by atoms with Gasteiger partial charge in [-0.3, -0.25) is 20.3 Å². The molecule has 9 heteroatoms. The third-order valence-electron chi connectivity index (χ3n) is 3.88. The molecule has 0 aliphatic carbocycles. The molecule has 1 amide bonds. The Bertz CT molecular complexity index is 822. The van der Waals surface area contributed by atoms with Crippen molar-refractivity contribution in [1.82, 2.24) is 10.4 Å². The Morgan fingerprint density at radius 1 is 1.21 bits per heavy atom. The number of alkyl halides is 3. The van der Waals surface area contributed by atoms with E-state index in [-0.39, 0.29) is 18.4 Å². The number of hydrazine groups is 1. The van der Waals surface area contributed by atoms with Crippen molar-refractivity contribution in [2.45, 2.75) is 18.6 Å². The van der Waals surface area contributed by atoms with Crippen molar-refractivity contribution in [3.05, 3.63) is 52.1 Å². The van der Waals surface area contributed by atoms with Gasteiger partial charge in [0.25, 0.3) is 5.69 Å². The molecule has 0 radical (unpaired) electrons. The molecule has 1 aliphatic rings. The molecule has 2 aromatic rings. The zero-order valence-corrected chi connectivity index (χ0v) is 12.2. The highest BCUT2D eigenvalue weighted by molar-refractivity contribution is 5.92. The van der Waals surface area contributed by atoms with Gasteiger partial charge in [0.1, 0.15) is 0 Å². The minimum atomic E-state index is -4.79. The molecule has 1 aliphatic heterocycles. The fraction of sp³-hybridized carbons (Fsp3) is 0.267. The molecule has 1 saturated heterocycles. The number of nitro groups is 1. The summed E-state index contributed by atoms with van der Waals surface area (Å²) >= 11 is 0. The monoisotopic (exact) mass is 339 g/mol. The Hall–Kier alpha value is -2.68. The minimum Gasteiger partial charge on any atom is -0.288 e. The zero-order chi connectivity index (χ0) is 17.5. The van der Waals surface area contributed by atoms with Gasteiger partial charge in [0.2, 0.25) is 5.91 Å². The lowest BCUT2D eigenvalue weighted by molar-refractivity contribution is -0.384. The molecule has 1 fully saturated rings. The second-order valence-electron chi connectivity index (χ2n) is 5.40. The molecule has 1 N–H and O–H groups in total. The first-order valence-corrected chi connectivity index (χ1v) is 7.08. The Morgan fingerprint density at radius 2 is 1.92 bits per heavy atom. The summed E-state index contributed by atoms with van der Waals surface area (Å²) in [6.07, 6.45) is -4.88. The minimum absolute atomic E-state index is 0.0893. The molecule has 126 valence electrons. The number of halogens is 3. The first-order valence-electron chi connectivity index (χ1n) is 7.08. The Kier molecular flexibility index (Phi) is 3.88. The van der Waals surface area contributed by atoms with E-state index in [9.17, 15) is 28.1 Å². The summed E-state index contributed by atoms with van der Waals surface area (Å²) in [6.45, 7) is -0.174. The summed E-state index contributed by atoms with van der Waals surface area (Å²) in [6, 6.07) is 6.40. The summed E-state index contributed by atoms with van der Waals surface area (Å²) in [7, 11) is 0. The molecule has 1 atom stereocenters. The number of carbonyl (C=O) groups excluding carboxylic acids is 1. The maximum atomic E-state index is 13.6. The van der Waals surface area contributed by atoms with Crippen molar-refractivity contribution in [2.24, 2.45) is 0 Å². The normalized spacial score (nSPS) is 17.0. The van der Waals surface area contributed by atoms with Gasteiger partial charge in [-0.1, -0.05) is 24.3 Å². The van der Waals surface area contributed by atoms with Crippen LogP contribution in [0.25, 0.3) is 10.8 Å². The van der Waals surface area contributed by atoms with Gasteiger partial charge in [0.15, 0.2) is 6.04 Å². The van der Waals surface area contributed by atoms with Crippen molar-refractivity contribution < 1.29 is 22.9 Å². The predicted molar refractivity (Wildman–Crippen MR) is 78.9 cm³/mol. The first kappa shape index (κ1) is 16.2. The zero-order valence-electron chi connectivity index (χ0n) is 12.2. The third-order valence-corrected chi connectivity index (χ3v) is 3.88. The summed E-state index contributed by atoms with van der Waals surface area (Å²) in [4.78, 5) is 22.0. The van der Waals surface area contributed by atoms with E-state index < -0.39 is 34.3 Å². The average molecular weight is 339 g/mol. The number of hydrogen-bond donors (Lipinski definition) is 1. The SMILES string of the molecule is O=C1CCN(C(c2ccc3ccccc3c2[N+](=O)[O-])C(F)(F)F)N1. The van der Waals surface area contributed by atoms with Crippen LogP contribution in [0, 0.1) is 10.1 Å². The molecule has 0 spiro atoms. The highest BCUT2D eigenvalue weighted by atomic mass is 19.4. The van der Waals surface area contributed by atoms with Gasteiger partial charge in [-0.15, -0.1) is 0 Å². The average Bonchev–Trinajstić information content (AvgIpc) is 2.91. The third kappa shape index (κ3) is 2.78. The quantitative estimate of drug-likeness (QED) is 0.689. The summed E-state index contributed by atoms with van der Waals surface area (Å²) < 4.78 is 40.8. The molecule has 1 unspecified atom stereocenters. The molecular weight excluding hydrogens is 327 g/mol. The largest absolute Gasteiger partial charge is 0.410 e. The number of fused-ring (bicyclic) bond motifs is 1. The van der Waals surface area contributed by atoms with Crippen LogP contribution in [0.1, 0.15) is 18.0 Å². The van der Waals surface area contributed by atoms with E-state index in [2.05, 4.69) is 5.43 Å². The number of carbonyl (C=O) groups is 1. The fourth-order valence-electron chi connectivity index (χ4n) is 2.90. The van der Waals surface area contributed by atoms with Crippen LogP contribution in [-0.2, 0) is 4.79 Å². The number of amides is 1. The van der Waals surface area contributed by atoms with Crippen LogP contribution in [0.4, 0.5) is 18.9 Å². The molecule has 24 heavy (non-hydrogen) atoms.